The summed E-state index contributed by atoms with van der Waals surface area (Å²) in [5.41, 5.74) is 2.23. The number of aryl methyl sites for hydroxylation is 2. The summed E-state index contributed by atoms with van der Waals surface area (Å²) in [6.45, 7) is 0.780. The summed E-state index contributed by atoms with van der Waals surface area (Å²) in [4.78, 5) is 19.1. The van der Waals surface area contributed by atoms with Crippen LogP contribution in [0.2, 0.25) is 0 Å². The Bertz CT molecular complexity index is 1270. The predicted octanol–water partition coefficient (Wildman–Crippen LogP) is 2.62. The molecular weight excluding hydrogens is 402 g/mol. The molecule has 0 radical (unpaired) electrons. The van der Waals surface area contributed by atoms with Crippen LogP contribution in [0.1, 0.15) is 44.1 Å². The Hall–Kier alpha value is -2.68. The molecule has 1 aliphatic heterocycles. The van der Waals surface area contributed by atoms with Crippen molar-refractivity contribution in [1.29, 1.82) is 0 Å². The molecule has 0 amide bonds. The van der Waals surface area contributed by atoms with E-state index in [2.05, 4.69) is 15.0 Å². The van der Waals surface area contributed by atoms with E-state index in [-0.39, 0.29) is 10.9 Å². The van der Waals surface area contributed by atoms with Crippen LogP contribution in [-0.2, 0) is 23.3 Å². The maximum Gasteiger partial charge on any atom is 0.350 e. The molecule has 0 bridgehead atoms. The van der Waals surface area contributed by atoms with Crippen molar-refractivity contribution < 1.29 is 8.42 Å². The minimum absolute atomic E-state index is 0.189. The van der Waals surface area contributed by atoms with Gasteiger partial charge in [0.05, 0.1) is 10.1 Å². The Labute approximate surface area is 175 Å². The fourth-order valence-electron chi connectivity index (χ4n) is 4.65. The number of fused-ring (bicyclic) bond motifs is 2. The number of hydrogen-bond donors (Lipinski definition) is 0. The Morgan fingerprint density at radius 2 is 1.90 bits per heavy atom. The van der Waals surface area contributed by atoms with Gasteiger partial charge in [0.15, 0.2) is 15.5 Å². The molecule has 4 heterocycles. The number of rotatable bonds is 3. The summed E-state index contributed by atoms with van der Waals surface area (Å²) < 4.78 is 29.0. The predicted molar refractivity (Wildman–Crippen MR) is 114 cm³/mol. The molecule has 30 heavy (non-hydrogen) atoms. The average Bonchev–Trinajstić information content (AvgIpc) is 3.06. The van der Waals surface area contributed by atoms with E-state index in [4.69, 9.17) is 0 Å². The van der Waals surface area contributed by atoms with Crippen molar-refractivity contribution in [3.8, 4) is 0 Å². The molecule has 5 rings (SSSR count). The molecule has 0 atom stereocenters. The van der Waals surface area contributed by atoms with Gasteiger partial charge in [-0.1, -0.05) is 19.3 Å². The van der Waals surface area contributed by atoms with Crippen molar-refractivity contribution >= 4 is 27.0 Å². The third-order valence-electron chi connectivity index (χ3n) is 6.29. The van der Waals surface area contributed by atoms with E-state index >= 15 is 0 Å². The standard InChI is InChI=1S/C21H25N5O3S/c1-24-21(27)26-11-9-16(13-19(26)23-24)25-10-5-6-15-12-18(14-22-20(15)25)30(28,29)17-7-3-2-4-8-17/h9,11-14,17H,2-8,10H2,1H3. The van der Waals surface area contributed by atoms with E-state index in [1.165, 1.54) is 15.3 Å². The first-order chi connectivity index (χ1) is 14.4. The first-order valence-electron chi connectivity index (χ1n) is 10.5. The van der Waals surface area contributed by atoms with Gasteiger partial charge in [0.1, 0.15) is 5.82 Å². The van der Waals surface area contributed by atoms with Gasteiger partial charge in [-0.2, -0.15) is 5.10 Å². The summed E-state index contributed by atoms with van der Waals surface area (Å²) in [5, 5.41) is 3.98. The van der Waals surface area contributed by atoms with E-state index in [1.807, 2.05) is 18.2 Å². The van der Waals surface area contributed by atoms with Gasteiger partial charge in [-0.25, -0.2) is 22.9 Å². The minimum atomic E-state index is -3.34. The molecule has 3 aromatic heterocycles. The summed E-state index contributed by atoms with van der Waals surface area (Å²) >= 11 is 0. The molecule has 0 spiro atoms. The molecule has 158 valence electrons. The fourth-order valence-corrected chi connectivity index (χ4v) is 6.50. The third-order valence-corrected chi connectivity index (χ3v) is 8.52. The number of nitrogens with zero attached hydrogens (tertiary/aromatic N) is 5. The quantitative estimate of drug-likeness (QED) is 0.638. The average molecular weight is 428 g/mol. The number of sulfone groups is 1. The SMILES string of the molecule is Cn1nc2cc(N3CCCc4cc(S(=O)(=O)C5CCCCC5)cnc43)ccn2c1=O. The lowest BCUT2D eigenvalue weighted by Crippen LogP contribution is -2.28. The second kappa shape index (κ2) is 7.23. The van der Waals surface area contributed by atoms with Crippen molar-refractivity contribution in [1.82, 2.24) is 19.2 Å². The highest BCUT2D eigenvalue weighted by Gasteiger charge is 2.31. The van der Waals surface area contributed by atoms with E-state index in [0.29, 0.717) is 10.5 Å². The Morgan fingerprint density at radius 1 is 1.10 bits per heavy atom. The van der Waals surface area contributed by atoms with Crippen LogP contribution in [-0.4, -0.2) is 39.4 Å². The lowest BCUT2D eigenvalue weighted by molar-refractivity contribution is 0.483. The molecule has 0 saturated heterocycles. The van der Waals surface area contributed by atoms with Crippen molar-refractivity contribution in [2.24, 2.45) is 7.05 Å². The highest BCUT2D eigenvalue weighted by atomic mass is 32.2. The van der Waals surface area contributed by atoms with Crippen molar-refractivity contribution in [3.63, 3.8) is 0 Å². The number of anilines is 2. The normalized spacial score (nSPS) is 18.0. The van der Waals surface area contributed by atoms with Crippen LogP contribution >= 0.6 is 0 Å². The molecular formula is C21H25N5O3S. The maximum absolute atomic E-state index is 13.1. The largest absolute Gasteiger partial charge is 0.350 e. The number of hydrogen-bond acceptors (Lipinski definition) is 6. The summed E-state index contributed by atoms with van der Waals surface area (Å²) in [5.74, 6) is 0.784. The number of pyridine rings is 2. The molecule has 2 aliphatic rings. The van der Waals surface area contributed by atoms with Gasteiger partial charge in [-0.05, 0) is 43.4 Å². The van der Waals surface area contributed by atoms with Gasteiger partial charge in [0.25, 0.3) is 0 Å². The van der Waals surface area contributed by atoms with Gasteiger partial charge in [-0.3, -0.25) is 4.40 Å². The molecule has 3 aromatic rings. The molecule has 9 heteroatoms. The van der Waals surface area contributed by atoms with Crippen LogP contribution < -0.4 is 10.6 Å². The van der Waals surface area contributed by atoms with E-state index in [1.54, 1.807) is 13.2 Å². The van der Waals surface area contributed by atoms with Gasteiger partial charge >= 0.3 is 5.69 Å². The molecule has 0 unspecified atom stereocenters. The molecule has 1 aliphatic carbocycles. The van der Waals surface area contributed by atoms with E-state index in [0.717, 1.165) is 68.6 Å². The first-order valence-corrected chi connectivity index (χ1v) is 12.1. The second-order valence-corrected chi connectivity index (χ2v) is 10.5. The summed E-state index contributed by atoms with van der Waals surface area (Å²) in [7, 11) is -1.71. The van der Waals surface area contributed by atoms with Crippen LogP contribution in [0.5, 0.6) is 0 Å². The number of aromatic nitrogens is 4. The fraction of sp³-hybridized carbons (Fsp3) is 0.476. The van der Waals surface area contributed by atoms with Crippen LogP contribution in [0, 0.1) is 0 Å². The van der Waals surface area contributed by atoms with Gasteiger partial charge < -0.3 is 4.90 Å². The molecule has 0 aromatic carbocycles. The van der Waals surface area contributed by atoms with Gasteiger partial charge in [0, 0.05) is 37.7 Å². The molecule has 0 N–H and O–H groups in total. The Balaban J connectivity index is 1.51. The molecule has 1 fully saturated rings. The zero-order chi connectivity index (χ0) is 20.9. The summed E-state index contributed by atoms with van der Waals surface area (Å²) in [6.07, 6.45) is 9.52. The lowest BCUT2D eigenvalue weighted by Gasteiger charge is -2.30. The Kier molecular flexibility index (Phi) is 4.65. The van der Waals surface area contributed by atoms with Crippen LogP contribution in [0.15, 0.2) is 40.3 Å². The Morgan fingerprint density at radius 3 is 2.70 bits per heavy atom. The van der Waals surface area contributed by atoms with Crippen LogP contribution in [0.25, 0.3) is 5.65 Å². The topological polar surface area (TPSA) is 89.6 Å². The molecule has 8 nitrogen and oxygen atoms in total. The second-order valence-electron chi connectivity index (χ2n) is 8.23. The van der Waals surface area contributed by atoms with E-state index in [9.17, 15) is 13.2 Å². The monoisotopic (exact) mass is 427 g/mol. The van der Waals surface area contributed by atoms with Crippen LogP contribution in [0.4, 0.5) is 11.5 Å². The van der Waals surface area contributed by atoms with Gasteiger partial charge in [0.2, 0.25) is 0 Å². The third kappa shape index (κ3) is 3.12. The van der Waals surface area contributed by atoms with E-state index < -0.39 is 9.84 Å². The van der Waals surface area contributed by atoms with Crippen molar-refractivity contribution in [2.75, 3.05) is 11.4 Å². The van der Waals surface area contributed by atoms with Crippen molar-refractivity contribution in [2.45, 2.75) is 55.1 Å². The zero-order valence-corrected chi connectivity index (χ0v) is 17.8. The zero-order valence-electron chi connectivity index (χ0n) is 17.0. The summed E-state index contributed by atoms with van der Waals surface area (Å²) in [6, 6.07) is 5.56. The maximum atomic E-state index is 13.1. The highest BCUT2D eigenvalue weighted by Crippen LogP contribution is 2.35. The molecule has 1 saturated carbocycles. The smallest absolute Gasteiger partial charge is 0.326 e. The lowest BCUT2D eigenvalue weighted by atomic mass is 10.0. The van der Waals surface area contributed by atoms with Gasteiger partial charge in [-0.15, -0.1) is 0 Å². The minimum Gasteiger partial charge on any atom is -0.326 e. The van der Waals surface area contributed by atoms with Crippen LogP contribution in [0.3, 0.4) is 0 Å². The highest BCUT2D eigenvalue weighted by molar-refractivity contribution is 7.92. The first kappa shape index (κ1) is 19.3. The van der Waals surface area contributed by atoms with Crippen molar-refractivity contribution in [3.05, 3.63) is 46.6 Å².